The van der Waals surface area contributed by atoms with Crippen molar-refractivity contribution in [2.75, 3.05) is 19.3 Å². The van der Waals surface area contributed by atoms with Crippen LogP contribution in [0, 0.1) is 0 Å². The second-order valence-corrected chi connectivity index (χ2v) is 5.04. The number of carbonyl (C=O) groups is 1. The van der Waals surface area contributed by atoms with E-state index in [9.17, 15) is 4.79 Å². The average molecular weight is 287 g/mol. The Morgan fingerprint density at radius 1 is 1.50 bits per heavy atom. The van der Waals surface area contributed by atoms with Crippen LogP contribution in [0.5, 0.6) is 0 Å². The quantitative estimate of drug-likeness (QED) is 0.868. The second-order valence-electron chi connectivity index (χ2n) is 4.19. The van der Waals surface area contributed by atoms with E-state index in [4.69, 9.17) is 5.73 Å². The Hall–Kier alpha value is -0.710. The molecule has 1 heterocycles. The summed E-state index contributed by atoms with van der Waals surface area (Å²) >= 11 is 1.73. The first-order valence-electron chi connectivity index (χ1n) is 5.90. The van der Waals surface area contributed by atoms with Crippen LogP contribution in [0.15, 0.2) is 29.2 Å². The molecule has 0 saturated carbocycles. The number of benzene rings is 1. The minimum Gasteiger partial charge on any atom is -0.335 e. The molecule has 100 valence electrons. The molecule has 1 saturated heterocycles. The van der Waals surface area contributed by atoms with Gasteiger partial charge in [0.1, 0.15) is 0 Å². The summed E-state index contributed by atoms with van der Waals surface area (Å²) in [5.74, 6) is 0.0587. The lowest BCUT2D eigenvalue weighted by atomic mass is 10.0. The first kappa shape index (κ1) is 15.3. The Morgan fingerprint density at radius 3 is 2.89 bits per heavy atom. The van der Waals surface area contributed by atoms with Crippen molar-refractivity contribution in [3.63, 3.8) is 0 Å². The third kappa shape index (κ3) is 2.99. The van der Waals surface area contributed by atoms with Gasteiger partial charge in [0.2, 0.25) is 5.91 Å². The van der Waals surface area contributed by atoms with Crippen molar-refractivity contribution in [1.82, 2.24) is 4.90 Å². The van der Waals surface area contributed by atoms with Crippen molar-refractivity contribution in [3.8, 4) is 0 Å². The van der Waals surface area contributed by atoms with E-state index in [0.717, 1.165) is 19.4 Å². The van der Waals surface area contributed by atoms with E-state index < -0.39 is 0 Å². The molecule has 1 aliphatic heterocycles. The van der Waals surface area contributed by atoms with Gasteiger partial charge >= 0.3 is 0 Å². The molecule has 1 aromatic carbocycles. The van der Waals surface area contributed by atoms with Crippen LogP contribution in [0.3, 0.4) is 0 Å². The lowest BCUT2D eigenvalue weighted by Crippen LogP contribution is -2.35. The number of hydrogen-bond donors (Lipinski definition) is 1. The summed E-state index contributed by atoms with van der Waals surface area (Å²) in [6.07, 6.45) is 4.19. The van der Waals surface area contributed by atoms with Gasteiger partial charge in [0, 0.05) is 11.4 Å². The van der Waals surface area contributed by atoms with Crippen molar-refractivity contribution in [3.05, 3.63) is 29.8 Å². The lowest BCUT2D eigenvalue weighted by molar-refractivity contribution is -0.130. The maximum Gasteiger partial charge on any atom is 0.236 e. The average Bonchev–Trinajstić information content (AvgIpc) is 2.86. The molecule has 1 atom stereocenters. The molecule has 2 N–H and O–H groups in total. The van der Waals surface area contributed by atoms with Crippen LogP contribution >= 0.6 is 24.2 Å². The zero-order valence-corrected chi connectivity index (χ0v) is 12.1. The maximum absolute atomic E-state index is 11.8. The number of carbonyl (C=O) groups excluding carboxylic acids is 1. The zero-order valence-electron chi connectivity index (χ0n) is 10.5. The van der Waals surface area contributed by atoms with Crippen molar-refractivity contribution < 1.29 is 4.79 Å². The number of halogens is 1. The Kier molecular flexibility index (Phi) is 5.99. The van der Waals surface area contributed by atoms with Gasteiger partial charge in [-0.2, -0.15) is 0 Å². The molecule has 3 nitrogen and oxygen atoms in total. The molecule has 1 aliphatic rings. The molecule has 0 radical (unpaired) electrons. The van der Waals surface area contributed by atoms with E-state index in [-0.39, 0.29) is 30.9 Å². The van der Waals surface area contributed by atoms with Gasteiger partial charge < -0.3 is 10.6 Å². The topological polar surface area (TPSA) is 46.3 Å². The summed E-state index contributed by atoms with van der Waals surface area (Å²) < 4.78 is 0. The standard InChI is InChI=1S/C13H18N2OS.ClH/c1-17-12-7-3-2-5-10(12)11-6-4-8-15(11)13(16)9-14;/h2-3,5,7,11H,4,6,8-9,14H2,1H3;1H/t11-;/m1./s1. The van der Waals surface area contributed by atoms with E-state index in [1.807, 2.05) is 17.0 Å². The third-order valence-electron chi connectivity index (χ3n) is 3.25. The monoisotopic (exact) mass is 286 g/mol. The van der Waals surface area contributed by atoms with Gasteiger partial charge in [0.15, 0.2) is 0 Å². The van der Waals surface area contributed by atoms with E-state index in [1.54, 1.807) is 11.8 Å². The highest BCUT2D eigenvalue weighted by Gasteiger charge is 2.30. The van der Waals surface area contributed by atoms with Crippen LogP contribution in [-0.2, 0) is 4.79 Å². The molecule has 18 heavy (non-hydrogen) atoms. The fraction of sp³-hybridized carbons (Fsp3) is 0.462. The van der Waals surface area contributed by atoms with Crippen LogP contribution in [-0.4, -0.2) is 30.2 Å². The summed E-state index contributed by atoms with van der Waals surface area (Å²) in [5, 5.41) is 0. The van der Waals surface area contributed by atoms with Crippen molar-refractivity contribution in [2.24, 2.45) is 5.73 Å². The molecule has 0 bridgehead atoms. The third-order valence-corrected chi connectivity index (χ3v) is 4.06. The Bertz CT molecular complexity index is 414. The van der Waals surface area contributed by atoms with Gasteiger partial charge in [0.25, 0.3) is 0 Å². The number of hydrogen-bond acceptors (Lipinski definition) is 3. The summed E-state index contributed by atoms with van der Waals surface area (Å²) in [4.78, 5) is 15.0. The molecular formula is C13H19ClN2OS. The molecule has 0 aliphatic carbocycles. The van der Waals surface area contributed by atoms with E-state index in [0.29, 0.717) is 0 Å². The smallest absolute Gasteiger partial charge is 0.236 e. The van der Waals surface area contributed by atoms with Crippen LogP contribution < -0.4 is 5.73 Å². The minimum atomic E-state index is 0. The van der Waals surface area contributed by atoms with Crippen LogP contribution in [0.1, 0.15) is 24.4 Å². The molecule has 0 aromatic heterocycles. The van der Waals surface area contributed by atoms with Gasteiger partial charge in [-0.1, -0.05) is 18.2 Å². The van der Waals surface area contributed by atoms with Crippen molar-refractivity contribution >= 4 is 30.1 Å². The Morgan fingerprint density at radius 2 is 2.22 bits per heavy atom. The normalized spacial score (nSPS) is 18.6. The Labute approximate surface area is 119 Å². The lowest BCUT2D eigenvalue weighted by Gasteiger charge is -2.26. The maximum atomic E-state index is 11.8. The number of nitrogens with zero attached hydrogens (tertiary/aromatic N) is 1. The molecule has 0 spiro atoms. The summed E-state index contributed by atoms with van der Waals surface area (Å²) in [6.45, 7) is 0.946. The van der Waals surface area contributed by atoms with Gasteiger partial charge in [-0.15, -0.1) is 24.2 Å². The summed E-state index contributed by atoms with van der Waals surface area (Å²) in [5.41, 5.74) is 6.73. The second kappa shape index (κ2) is 7.02. The molecule has 1 fully saturated rings. The van der Waals surface area contributed by atoms with Crippen molar-refractivity contribution in [1.29, 1.82) is 0 Å². The highest BCUT2D eigenvalue weighted by Crippen LogP contribution is 2.36. The van der Waals surface area contributed by atoms with Gasteiger partial charge in [-0.05, 0) is 30.7 Å². The molecular weight excluding hydrogens is 268 g/mol. The van der Waals surface area contributed by atoms with Crippen LogP contribution in [0.25, 0.3) is 0 Å². The number of nitrogens with two attached hydrogens (primary N) is 1. The molecule has 5 heteroatoms. The fourth-order valence-corrected chi connectivity index (χ4v) is 3.10. The van der Waals surface area contributed by atoms with Crippen molar-refractivity contribution in [2.45, 2.75) is 23.8 Å². The van der Waals surface area contributed by atoms with Crippen LogP contribution in [0.4, 0.5) is 0 Å². The first-order chi connectivity index (χ1) is 8.27. The van der Waals surface area contributed by atoms with E-state index in [2.05, 4.69) is 18.4 Å². The molecule has 2 rings (SSSR count). The fourth-order valence-electron chi connectivity index (χ4n) is 2.45. The number of rotatable bonds is 3. The van der Waals surface area contributed by atoms with E-state index in [1.165, 1.54) is 10.5 Å². The zero-order chi connectivity index (χ0) is 12.3. The number of likely N-dealkylation sites (tertiary alicyclic amines) is 1. The highest BCUT2D eigenvalue weighted by molar-refractivity contribution is 7.98. The van der Waals surface area contributed by atoms with E-state index >= 15 is 0 Å². The number of amides is 1. The van der Waals surface area contributed by atoms with Gasteiger partial charge in [-0.3, -0.25) is 4.79 Å². The SMILES string of the molecule is CSc1ccccc1[C@H]1CCCN1C(=O)CN.Cl. The Balaban J connectivity index is 0.00000162. The first-order valence-corrected chi connectivity index (χ1v) is 7.13. The predicted molar refractivity (Wildman–Crippen MR) is 78.2 cm³/mol. The molecule has 1 aromatic rings. The van der Waals surface area contributed by atoms with Gasteiger partial charge in [-0.25, -0.2) is 0 Å². The summed E-state index contributed by atoms with van der Waals surface area (Å²) in [7, 11) is 0. The minimum absolute atomic E-state index is 0. The molecule has 0 unspecified atom stereocenters. The predicted octanol–water partition coefficient (Wildman–Crippen LogP) is 2.45. The summed E-state index contributed by atoms with van der Waals surface area (Å²) in [6, 6.07) is 8.54. The number of thioether (sulfide) groups is 1. The van der Waals surface area contributed by atoms with Crippen LogP contribution in [0.2, 0.25) is 0 Å². The van der Waals surface area contributed by atoms with Gasteiger partial charge in [0.05, 0.1) is 12.6 Å². The molecule has 1 amide bonds. The highest BCUT2D eigenvalue weighted by atomic mass is 35.5. The largest absolute Gasteiger partial charge is 0.335 e.